The smallest absolute Gasteiger partial charge is 0.255 e. The molecule has 0 spiro atoms. The summed E-state index contributed by atoms with van der Waals surface area (Å²) in [4.78, 5) is 12.7. The molecule has 29 heavy (non-hydrogen) atoms. The monoisotopic (exact) mass is 409 g/mol. The van der Waals surface area contributed by atoms with Gasteiger partial charge < -0.3 is 14.8 Å². The van der Waals surface area contributed by atoms with E-state index in [1.165, 1.54) is 0 Å². The molecule has 0 unspecified atom stereocenters. The van der Waals surface area contributed by atoms with Crippen molar-refractivity contribution in [3.63, 3.8) is 0 Å². The number of methoxy groups -OCH3 is 1. The predicted octanol–water partition coefficient (Wildman–Crippen LogP) is 6.30. The minimum Gasteiger partial charge on any atom is -0.496 e. The molecule has 0 bridgehead atoms. The summed E-state index contributed by atoms with van der Waals surface area (Å²) in [6.07, 6.45) is 0. The number of para-hydroxylation sites is 2. The van der Waals surface area contributed by atoms with Gasteiger partial charge in [0.25, 0.3) is 5.91 Å². The summed E-state index contributed by atoms with van der Waals surface area (Å²) < 4.78 is 11.5. The number of hydrogen-bond donors (Lipinski definition) is 1. The fourth-order valence-corrected chi connectivity index (χ4v) is 3.22. The summed E-state index contributed by atoms with van der Waals surface area (Å²) in [5.74, 6) is 1.60. The van der Waals surface area contributed by atoms with Crippen molar-refractivity contribution in [1.29, 1.82) is 0 Å². The zero-order valence-corrected chi connectivity index (χ0v) is 17.5. The van der Waals surface area contributed by atoms with Crippen LogP contribution in [0.1, 0.15) is 41.3 Å². The largest absolute Gasteiger partial charge is 0.496 e. The normalized spacial score (nSPS) is 10.7. The van der Waals surface area contributed by atoms with Crippen LogP contribution in [-0.2, 0) is 6.61 Å². The van der Waals surface area contributed by atoms with Gasteiger partial charge in [0.1, 0.15) is 18.1 Å². The summed E-state index contributed by atoms with van der Waals surface area (Å²) in [5.41, 5.74) is 3.00. The molecule has 1 N–H and O–H groups in total. The maximum absolute atomic E-state index is 12.7. The Hall–Kier alpha value is -2.98. The van der Waals surface area contributed by atoms with E-state index in [1.54, 1.807) is 37.4 Å². The molecular formula is C24H24ClNO3. The van der Waals surface area contributed by atoms with Gasteiger partial charge in [0.2, 0.25) is 0 Å². The van der Waals surface area contributed by atoms with Crippen LogP contribution in [0.4, 0.5) is 5.69 Å². The van der Waals surface area contributed by atoms with Crippen LogP contribution in [0.5, 0.6) is 11.5 Å². The maximum atomic E-state index is 12.7. The molecule has 0 radical (unpaired) electrons. The number of amides is 1. The van der Waals surface area contributed by atoms with E-state index in [9.17, 15) is 4.79 Å². The Balaban J connectivity index is 1.80. The summed E-state index contributed by atoms with van der Waals surface area (Å²) >= 11 is 6.14. The van der Waals surface area contributed by atoms with Gasteiger partial charge in [0.15, 0.2) is 0 Å². The Morgan fingerprint density at radius 2 is 1.72 bits per heavy atom. The number of halogens is 1. The second-order valence-electron chi connectivity index (χ2n) is 6.94. The van der Waals surface area contributed by atoms with Crippen molar-refractivity contribution >= 4 is 23.2 Å². The van der Waals surface area contributed by atoms with Gasteiger partial charge in [0.05, 0.1) is 17.8 Å². The summed E-state index contributed by atoms with van der Waals surface area (Å²) in [5, 5.41) is 3.33. The molecule has 0 aliphatic heterocycles. The highest BCUT2D eigenvalue weighted by Gasteiger charge is 2.14. The van der Waals surface area contributed by atoms with Gasteiger partial charge in [0, 0.05) is 11.1 Å². The summed E-state index contributed by atoms with van der Waals surface area (Å²) in [7, 11) is 1.60. The van der Waals surface area contributed by atoms with E-state index in [1.807, 2.05) is 30.3 Å². The molecule has 150 valence electrons. The lowest BCUT2D eigenvalue weighted by Crippen LogP contribution is -2.13. The molecule has 0 saturated carbocycles. The molecule has 0 saturated heterocycles. The van der Waals surface area contributed by atoms with E-state index >= 15 is 0 Å². The van der Waals surface area contributed by atoms with Crippen molar-refractivity contribution < 1.29 is 14.3 Å². The van der Waals surface area contributed by atoms with Gasteiger partial charge in [-0.25, -0.2) is 0 Å². The van der Waals surface area contributed by atoms with Crippen LogP contribution in [-0.4, -0.2) is 13.0 Å². The Labute approximate surface area is 176 Å². The van der Waals surface area contributed by atoms with E-state index in [2.05, 4.69) is 25.2 Å². The quantitative estimate of drug-likeness (QED) is 0.497. The molecule has 0 aliphatic carbocycles. The SMILES string of the molecule is COc1ccc(C(=O)Nc2ccccc2Cl)cc1COc1ccccc1C(C)C. The molecule has 0 atom stereocenters. The lowest BCUT2D eigenvalue weighted by atomic mass is 10.0. The van der Waals surface area contributed by atoms with Crippen LogP contribution in [0, 0.1) is 0 Å². The van der Waals surface area contributed by atoms with E-state index in [4.69, 9.17) is 21.1 Å². The number of carbonyl (C=O) groups excluding carboxylic acids is 1. The minimum atomic E-state index is -0.246. The van der Waals surface area contributed by atoms with Crippen molar-refractivity contribution in [2.45, 2.75) is 26.4 Å². The molecule has 0 aliphatic rings. The van der Waals surface area contributed by atoms with Crippen molar-refractivity contribution in [2.24, 2.45) is 0 Å². The van der Waals surface area contributed by atoms with E-state index in [0.717, 1.165) is 16.9 Å². The second-order valence-corrected chi connectivity index (χ2v) is 7.35. The highest BCUT2D eigenvalue weighted by molar-refractivity contribution is 6.33. The fraction of sp³-hybridized carbons (Fsp3) is 0.208. The first-order valence-corrected chi connectivity index (χ1v) is 9.82. The van der Waals surface area contributed by atoms with Crippen LogP contribution in [0.25, 0.3) is 0 Å². The molecule has 0 heterocycles. The molecule has 3 aromatic rings. The zero-order chi connectivity index (χ0) is 20.8. The number of hydrogen-bond acceptors (Lipinski definition) is 3. The Morgan fingerprint density at radius 3 is 2.45 bits per heavy atom. The van der Waals surface area contributed by atoms with Crippen molar-refractivity contribution in [3.8, 4) is 11.5 Å². The molecule has 0 aromatic heterocycles. The van der Waals surface area contributed by atoms with E-state index < -0.39 is 0 Å². The zero-order valence-electron chi connectivity index (χ0n) is 16.7. The highest BCUT2D eigenvalue weighted by Crippen LogP contribution is 2.29. The van der Waals surface area contributed by atoms with Crippen LogP contribution in [0.15, 0.2) is 66.7 Å². The first-order chi connectivity index (χ1) is 14.0. The first kappa shape index (κ1) is 20.7. The van der Waals surface area contributed by atoms with Crippen LogP contribution >= 0.6 is 11.6 Å². The number of nitrogens with one attached hydrogen (secondary N) is 1. The third-order valence-electron chi connectivity index (χ3n) is 4.59. The topological polar surface area (TPSA) is 47.6 Å². The Bertz CT molecular complexity index is 1000. The summed E-state index contributed by atoms with van der Waals surface area (Å²) in [6.45, 7) is 4.55. The fourth-order valence-electron chi connectivity index (χ4n) is 3.03. The van der Waals surface area contributed by atoms with E-state index in [-0.39, 0.29) is 5.91 Å². The lowest BCUT2D eigenvalue weighted by molar-refractivity contribution is 0.102. The van der Waals surface area contributed by atoms with Gasteiger partial charge in [-0.1, -0.05) is 55.8 Å². The number of ether oxygens (including phenoxy) is 2. The average Bonchev–Trinajstić information content (AvgIpc) is 2.73. The minimum absolute atomic E-state index is 0.246. The standard InChI is InChI=1S/C24H24ClNO3/c1-16(2)19-8-4-7-11-23(19)29-15-18-14-17(12-13-22(18)28-3)24(27)26-21-10-6-5-9-20(21)25/h4-14,16H,15H2,1-3H3,(H,26,27). The first-order valence-electron chi connectivity index (χ1n) is 9.44. The van der Waals surface area contributed by atoms with Gasteiger partial charge in [-0.2, -0.15) is 0 Å². The number of anilines is 1. The van der Waals surface area contributed by atoms with Crippen LogP contribution < -0.4 is 14.8 Å². The summed E-state index contributed by atoms with van der Waals surface area (Å²) in [6, 6.07) is 20.4. The highest BCUT2D eigenvalue weighted by atomic mass is 35.5. The average molecular weight is 410 g/mol. The van der Waals surface area contributed by atoms with Gasteiger partial charge in [-0.15, -0.1) is 0 Å². The molecule has 4 nitrogen and oxygen atoms in total. The van der Waals surface area contributed by atoms with E-state index in [0.29, 0.717) is 34.5 Å². The van der Waals surface area contributed by atoms with Crippen molar-refractivity contribution in [2.75, 3.05) is 12.4 Å². The van der Waals surface area contributed by atoms with Crippen molar-refractivity contribution in [3.05, 3.63) is 88.4 Å². The molecule has 3 rings (SSSR count). The van der Waals surface area contributed by atoms with Gasteiger partial charge in [-0.05, 0) is 47.9 Å². The van der Waals surface area contributed by atoms with Crippen LogP contribution in [0.2, 0.25) is 5.02 Å². The third kappa shape index (κ3) is 5.09. The Kier molecular flexibility index (Phi) is 6.78. The number of carbonyl (C=O) groups is 1. The second kappa shape index (κ2) is 9.48. The van der Waals surface area contributed by atoms with Gasteiger partial charge >= 0.3 is 0 Å². The van der Waals surface area contributed by atoms with Crippen LogP contribution in [0.3, 0.4) is 0 Å². The molecule has 0 fully saturated rings. The molecule has 5 heteroatoms. The van der Waals surface area contributed by atoms with Crippen molar-refractivity contribution in [1.82, 2.24) is 0 Å². The van der Waals surface area contributed by atoms with Gasteiger partial charge in [-0.3, -0.25) is 4.79 Å². The molecule has 1 amide bonds. The number of rotatable bonds is 7. The molecule has 3 aromatic carbocycles. The predicted molar refractivity (Wildman–Crippen MR) is 117 cm³/mol. The number of benzene rings is 3. The third-order valence-corrected chi connectivity index (χ3v) is 4.92. The lowest BCUT2D eigenvalue weighted by Gasteiger charge is -2.16. The maximum Gasteiger partial charge on any atom is 0.255 e. The molecular weight excluding hydrogens is 386 g/mol. The Morgan fingerprint density at radius 1 is 1.00 bits per heavy atom.